The summed E-state index contributed by atoms with van der Waals surface area (Å²) in [5.41, 5.74) is 4.54. The quantitative estimate of drug-likeness (QED) is 0.0126. The van der Waals surface area contributed by atoms with Crippen molar-refractivity contribution >= 4 is 33.4 Å². The Labute approximate surface area is 410 Å². The molecule has 1 fully saturated rings. The summed E-state index contributed by atoms with van der Waals surface area (Å²) in [5.74, 6) is -0.943. The first kappa shape index (κ1) is 62.5. The van der Waals surface area contributed by atoms with E-state index in [1.807, 2.05) is 19.1 Å². The summed E-state index contributed by atoms with van der Waals surface area (Å²) in [5, 5.41) is 51.5. The minimum atomic E-state index is -5.51. The molecule has 1 aliphatic rings. The maximum Gasteiger partial charge on any atom is 0.481 e. The fourth-order valence-electron chi connectivity index (χ4n) is 6.78. The van der Waals surface area contributed by atoms with Gasteiger partial charge in [-0.2, -0.15) is 9.29 Å². The second-order valence-corrected chi connectivity index (χ2v) is 20.3. The van der Waals surface area contributed by atoms with Gasteiger partial charge in [0.05, 0.1) is 31.5 Å². The van der Waals surface area contributed by atoms with E-state index in [0.29, 0.717) is 18.8 Å². The zero-order chi connectivity index (χ0) is 52.0. The highest BCUT2D eigenvalue weighted by Crippen LogP contribution is 2.60. The average Bonchev–Trinajstić information content (AvgIpc) is 3.57. The van der Waals surface area contributed by atoms with Crippen LogP contribution in [0, 0.1) is 5.92 Å². The number of nitrogens with two attached hydrogens (primary N) is 1. The largest absolute Gasteiger partial charge is 0.481 e. The number of phosphoric ester groups is 2. The van der Waals surface area contributed by atoms with Crippen molar-refractivity contribution in [3.05, 3.63) is 83.5 Å². The number of rotatable bonds is 37. The van der Waals surface area contributed by atoms with E-state index in [-0.39, 0.29) is 31.5 Å². The number of aliphatic hydroxyl groups excluding tert-OH is 5. The number of aromatic nitrogens is 2. The molecule has 70 heavy (non-hydrogen) atoms. The molecule has 0 amide bonds. The fourth-order valence-corrected chi connectivity index (χ4v) is 8.89. The van der Waals surface area contributed by atoms with Gasteiger partial charge in [0.15, 0.2) is 12.3 Å². The zero-order valence-corrected chi connectivity index (χ0v) is 42.3. The lowest BCUT2D eigenvalue weighted by Crippen LogP contribution is -2.36. The molecule has 23 heteroatoms. The van der Waals surface area contributed by atoms with Crippen LogP contribution in [0.4, 0.5) is 5.82 Å². The molecule has 0 aliphatic carbocycles. The number of unbranched alkanes of at least 4 members (excludes halogenated alkanes) is 8. The van der Waals surface area contributed by atoms with Gasteiger partial charge in [0.1, 0.15) is 30.7 Å². The monoisotopic (exact) mass is 1030 g/mol. The van der Waals surface area contributed by atoms with Crippen LogP contribution in [0.5, 0.6) is 0 Å². The smallest absolute Gasteiger partial charge is 0.462 e. The van der Waals surface area contributed by atoms with Gasteiger partial charge < -0.3 is 55.3 Å². The number of esters is 2. The normalized spacial score (nSPS) is 21.2. The molecule has 2 rings (SSSR count). The van der Waals surface area contributed by atoms with E-state index < -0.39 is 102 Å². The predicted octanol–water partition coefficient (Wildman–Crippen LogP) is 5.93. The van der Waals surface area contributed by atoms with Crippen LogP contribution in [-0.2, 0) is 46.3 Å². The number of ether oxygens (including phenoxy) is 3. The Hall–Kier alpha value is -3.66. The van der Waals surface area contributed by atoms with Crippen molar-refractivity contribution in [3.63, 3.8) is 0 Å². The third-order valence-corrected chi connectivity index (χ3v) is 13.2. The third kappa shape index (κ3) is 27.8. The number of aliphatic hydroxyl groups is 5. The first-order chi connectivity index (χ1) is 33.2. The first-order valence-electron chi connectivity index (χ1n) is 24.0. The third-order valence-electron chi connectivity index (χ3n) is 10.6. The Balaban J connectivity index is 1.92. The zero-order valence-electron chi connectivity index (χ0n) is 40.5. The van der Waals surface area contributed by atoms with E-state index >= 15 is 0 Å². The second-order valence-electron chi connectivity index (χ2n) is 17.3. The molecule has 1 aromatic heterocycles. The Morgan fingerprint density at radius 2 is 1.40 bits per heavy atom. The molecular formula is C47H77N3O18P2. The van der Waals surface area contributed by atoms with Gasteiger partial charge in [0, 0.05) is 19.0 Å². The molecule has 0 bridgehead atoms. The molecule has 0 aromatic carbocycles. The van der Waals surface area contributed by atoms with Crippen LogP contribution >= 0.6 is 15.6 Å². The highest BCUT2D eigenvalue weighted by atomic mass is 31.3. The van der Waals surface area contributed by atoms with Crippen molar-refractivity contribution in [1.82, 2.24) is 9.55 Å². The van der Waals surface area contributed by atoms with Gasteiger partial charge in [-0.15, -0.1) is 0 Å². The molecule has 9 N–H and O–H groups in total. The Bertz CT molecular complexity index is 1980. The second kappa shape index (κ2) is 34.7. The highest BCUT2D eigenvalue weighted by Gasteiger charge is 2.46. The van der Waals surface area contributed by atoms with Crippen molar-refractivity contribution in [2.24, 2.45) is 5.92 Å². The summed E-state index contributed by atoms with van der Waals surface area (Å²) in [6.45, 7) is 3.85. The minimum Gasteiger partial charge on any atom is -0.462 e. The number of hydrogen-bond acceptors (Lipinski definition) is 18. The van der Waals surface area contributed by atoms with E-state index in [0.717, 1.165) is 49.3 Å². The molecule has 10 atom stereocenters. The molecule has 0 saturated carbocycles. The lowest BCUT2D eigenvalue weighted by Gasteiger charge is -2.21. The number of allylic oxidation sites excluding steroid dienone is 7. The molecule has 1 aliphatic heterocycles. The number of anilines is 1. The van der Waals surface area contributed by atoms with Crippen molar-refractivity contribution in [2.45, 2.75) is 172 Å². The Kier molecular flexibility index (Phi) is 30.9. The van der Waals surface area contributed by atoms with Crippen molar-refractivity contribution in [2.75, 3.05) is 25.6 Å². The fraction of sp³-hybridized carbons (Fsp3) is 0.660. The SMILES string of the molecule is CC/C=C\C[C@H](O)/C=C/C=C/C=C\C=C/[C@@H](O)[C@H](O)CCCC(=O)O[C@H](COC(=O)CCCCCCCCCCCC(C)C)COP(=O)(O)OP(=O)(O)OC[C@H]1O[C@@H](n2ccc(N)nc2=O)[C@H](O)[C@@H]1O. The van der Waals surface area contributed by atoms with Crippen LogP contribution < -0.4 is 11.4 Å². The lowest BCUT2D eigenvalue weighted by atomic mass is 10.0. The summed E-state index contributed by atoms with van der Waals surface area (Å²) < 4.78 is 56.3. The van der Waals surface area contributed by atoms with Crippen molar-refractivity contribution in [3.8, 4) is 0 Å². The van der Waals surface area contributed by atoms with Gasteiger partial charge in [-0.25, -0.2) is 13.9 Å². The van der Waals surface area contributed by atoms with Crippen LogP contribution in [0.1, 0.15) is 130 Å². The average molecular weight is 1030 g/mol. The van der Waals surface area contributed by atoms with Crippen LogP contribution in [-0.4, -0.2) is 119 Å². The summed E-state index contributed by atoms with van der Waals surface area (Å²) in [7, 11) is -11.0. The van der Waals surface area contributed by atoms with Crippen LogP contribution in [0.2, 0.25) is 0 Å². The van der Waals surface area contributed by atoms with Gasteiger partial charge in [-0.1, -0.05) is 139 Å². The molecule has 1 aromatic rings. The summed E-state index contributed by atoms with van der Waals surface area (Å²) in [6.07, 6.45) is 18.4. The number of phosphoric acid groups is 2. The maximum absolute atomic E-state index is 12.9. The van der Waals surface area contributed by atoms with Crippen LogP contribution in [0.15, 0.2) is 77.8 Å². The first-order valence-corrected chi connectivity index (χ1v) is 27.0. The summed E-state index contributed by atoms with van der Waals surface area (Å²) in [6, 6.07) is 1.22. The van der Waals surface area contributed by atoms with Gasteiger partial charge in [-0.05, 0) is 44.1 Å². The molecule has 2 heterocycles. The van der Waals surface area contributed by atoms with Crippen molar-refractivity contribution in [1.29, 1.82) is 0 Å². The van der Waals surface area contributed by atoms with Gasteiger partial charge >= 0.3 is 33.3 Å². The van der Waals surface area contributed by atoms with Gasteiger partial charge in [0.25, 0.3) is 0 Å². The van der Waals surface area contributed by atoms with Gasteiger partial charge in [0.2, 0.25) is 0 Å². The summed E-state index contributed by atoms with van der Waals surface area (Å²) in [4.78, 5) is 61.8. The van der Waals surface area contributed by atoms with E-state index in [1.165, 1.54) is 43.9 Å². The standard InChI is InChI=1S/C47H77N3O18P2/c1-4-5-17-24-36(51)25-19-14-11-12-15-20-26-38(52)39(53)27-22-29-43(55)66-37(32-63-42(54)28-21-16-10-8-6-7-9-13-18-23-35(2)3)33-64-69(59,60)68-70(61,62)65-34-40-44(56)45(57)46(67-40)50-31-30-41(48)49-47(50)58/h5,11-12,14-15,17,19-20,25-26,30-31,35-40,44-46,51-53,56-57H,4,6-10,13,16,18,21-24,27-29,32-34H2,1-3H3,(H,59,60)(H,61,62)(H2,48,49,58)/b14-11+,15-12-,17-5-,25-19+,26-20-/t36-,37+,38+,39+,40+,44+,45+,46+/m0/s1. The summed E-state index contributed by atoms with van der Waals surface area (Å²) >= 11 is 0. The minimum absolute atomic E-state index is 0.0266. The number of nitrogen functional groups attached to an aromatic ring is 1. The van der Waals surface area contributed by atoms with Crippen LogP contribution in [0.25, 0.3) is 0 Å². The Morgan fingerprint density at radius 1 is 0.800 bits per heavy atom. The van der Waals surface area contributed by atoms with Crippen molar-refractivity contribution < 1.29 is 81.6 Å². The molecular weight excluding hydrogens is 956 g/mol. The maximum atomic E-state index is 12.9. The van der Waals surface area contributed by atoms with Gasteiger partial charge in [-0.3, -0.25) is 23.2 Å². The molecule has 398 valence electrons. The van der Waals surface area contributed by atoms with E-state index in [1.54, 1.807) is 36.5 Å². The highest BCUT2D eigenvalue weighted by molar-refractivity contribution is 7.61. The number of hydrogen-bond donors (Lipinski definition) is 8. The topological polar surface area (TPSA) is 326 Å². The molecule has 1 saturated heterocycles. The number of carbonyl (C=O) groups is 2. The lowest BCUT2D eigenvalue weighted by molar-refractivity contribution is -0.161. The predicted molar refractivity (Wildman–Crippen MR) is 260 cm³/mol. The molecule has 2 unspecified atom stereocenters. The van der Waals surface area contributed by atoms with Crippen LogP contribution in [0.3, 0.4) is 0 Å². The molecule has 21 nitrogen and oxygen atoms in total. The molecule has 0 spiro atoms. The van der Waals surface area contributed by atoms with E-state index in [2.05, 4.69) is 23.1 Å². The van der Waals surface area contributed by atoms with E-state index in [9.17, 15) is 58.8 Å². The Morgan fingerprint density at radius 3 is 2.04 bits per heavy atom. The van der Waals surface area contributed by atoms with E-state index in [4.69, 9.17) is 29.0 Å². The number of nitrogens with zero attached hydrogens (tertiary/aromatic N) is 2. The molecule has 0 radical (unpaired) electrons. The number of carbonyl (C=O) groups excluding carboxylic acids is 2.